The average molecular weight is 398 g/mol. The lowest BCUT2D eigenvalue weighted by molar-refractivity contribution is -0.140. The quantitative estimate of drug-likeness (QED) is 0.458. The molecule has 1 atom stereocenters. The number of ketones is 1. The Morgan fingerprint density at radius 1 is 1.28 bits per heavy atom. The number of aliphatic hydroxyl groups excluding tert-OH is 1. The Bertz CT molecular complexity index is 960. The third-order valence-electron chi connectivity index (χ3n) is 5.02. The van der Waals surface area contributed by atoms with E-state index in [2.05, 4.69) is 0 Å². The van der Waals surface area contributed by atoms with Gasteiger partial charge in [-0.1, -0.05) is 6.07 Å². The first-order chi connectivity index (χ1) is 13.8. The number of aryl methyl sites for hydroxylation is 2. The molecule has 0 saturated carbocycles. The summed E-state index contributed by atoms with van der Waals surface area (Å²) >= 11 is 0. The summed E-state index contributed by atoms with van der Waals surface area (Å²) < 4.78 is 11.0. The van der Waals surface area contributed by atoms with Gasteiger partial charge in [-0.05, 0) is 57.3 Å². The highest BCUT2D eigenvalue weighted by atomic mass is 16.5. The van der Waals surface area contributed by atoms with Crippen molar-refractivity contribution in [3.8, 4) is 5.75 Å². The molecule has 1 aromatic carbocycles. The molecule has 3 rings (SSSR count). The van der Waals surface area contributed by atoms with Crippen LogP contribution in [-0.2, 0) is 9.59 Å². The highest BCUT2D eigenvalue weighted by molar-refractivity contribution is 6.46. The van der Waals surface area contributed by atoms with Gasteiger partial charge in [-0.2, -0.15) is 0 Å². The van der Waals surface area contributed by atoms with Gasteiger partial charge in [0, 0.05) is 13.1 Å². The summed E-state index contributed by atoms with van der Waals surface area (Å²) in [4.78, 5) is 29.1. The number of carbonyl (C=O) groups excluding carboxylic acids is 2. The topological polar surface area (TPSA) is 83.2 Å². The number of Topliss-reactive ketones (excluding diaryl/α,β-unsaturated/α-hetero) is 1. The van der Waals surface area contributed by atoms with E-state index in [-0.39, 0.29) is 11.3 Å². The van der Waals surface area contributed by atoms with E-state index in [0.717, 1.165) is 11.1 Å². The van der Waals surface area contributed by atoms with Crippen LogP contribution in [0.2, 0.25) is 0 Å². The van der Waals surface area contributed by atoms with Crippen molar-refractivity contribution in [2.24, 2.45) is 0 Å². The summed E-state index contributed by atoms with van der Waals surface area (Å²) in [7, 11) is 5.28. The average Bonchev–Trinajstić information content (AvgIpc) is 3.26. The molecular formula is C22H26N2O5. The van der Waals surface area contributed by atoms with Gasteiger partial charge < -0.3 is 24.1 Å². The SMILES string of the molecule is COc1c(C)cc(C)cc1/C(O)=C1/C(=O)C(=O)N(CCN(C)C)C1c1ccco1. The molecule has 7 heteroatoms. The maximum absolute atomic E-state index is 12.9. The van der Waals surface area contributed by atoms with Crippen LogP contribution < -0.4 is 4.74 Å². The minimum absolute atomic E-state index is 0.00649. The predicted molar refractivity (Wildman–Crippen MR) is 109 cm³/mol. The maximum Gasteiger partial charge on any atom is 0.295 e. The lowest BCUT2D eigenvalue weighted by Crippen LogP contribution is -2.35. The van der Waals surface area contributed by atoms with E-state index in [4.69, 9.17) is 9.15 Å². The number of carbonyl (C=O) groups is 2. The van der Waals surface area contributed by atoms with E-state index in [0.29, 0.717) is 30.2 Å². The van der Waals surface area contributed by atoms with Crippen molar-refractivity contribution in [1.29, 1.82) is 0 Å². The van der Waals surface area contributed by atoms with Crippen LogP contribution in [0.1, 0.15) is 28.5 Å². The molecule has 1 aromatic heterocycles. The number of hydrogen-bond acceptors (Lipinski definition) is 6. The van der Waals surface area contributed by atoms with Gasteiger partial charge in [0.2, 0.25) is 0 Å². The summed E-state index contributed by atoms with van der Waals surface area (Å²) in [5.41, 5.74) is 2.12. The van der Waals surface area contributed by atoms with Crippen LogP contribution in [0, 0.1) is 13.8 Å². The lowest BCUT2D eigenvalue weighted by Gasteiger charge is -2.25. The van der Waals surface area contributed by atoms with E-state index in [9.17, 15) is 14.7 Å². The number of nitrogens with zero attached hydrogens (tertiary/aromatic N) is 2. The Balaban J connectivity index is 2.20. The van der Waals surface area contributed by atoms with E-state index in [1.165, 1.54) is 18.3 Å². The minimum atomic E-state index is -0.796. The summed E-state index contributed by atoms with van der Waals surface area (Å²) in [5, 5.41) is 11.2. The summed E-state index contributed by atoms with van der Waals surface area (Å²) in [6, 6.07) is 6.27. The van der Waals surface area contributed by atoms with Crippen LogP contribution in [0.15, 0.2) is 40.5 Å². The zero-order valence-corrected chi connectivity index (χ0v) is 17.4. The Kier molecular flexibility index (Phi) is 5.79. The van der Waals surface area contributed by atoms with E-state index in [1.807, 2.05) is 38.9 Å². The fraction of sp³-hybridized carbons (Fsp3) is 0.364. The van der Waals surface area contributed by atoms with Crippen LogP contribution in [0.4, 0.5) is 0 Å². The van der Waals surface area contributed by atoms with Crippen molar-refractivity contribution in [1.82, 2.24) is 9.80 Å². The van der Waals surface area contributed by atoms with Gasteiger partial charge in [0.15, 0.2) is 0 Å². The van der Waals surface area contributed by atoms with Crippen molar-refractivity contribution >= 4 is 17.4 Å². The van der Waals surface area contributed by atoms with Gasteiger partial charge >= 0.3 is 0 Å². The molecule has 154 valence electrons. The normalized spacial score (nSPS) is 18.7. The molecule has 0 aliphatic carbocycles. The molecule has 1 aliphatic heterocycles. The first-order valence-electron chi connectivity index (χ1n) is 9.38. The molecule has 0 radical (unpaired) electrons. The number of rotatable bonds is 6. The number of hydrogen-bond donors (Lipinski definition) is 1. The second-order valence-corrected chi connectivity index (χ2v) is 7.47. The Labute approximate surface area is 170 Å². The molecule has 1 N–H and O–H groups in total. The number of likely N-dealkylation sites (tertiary alicyclic amines) is 1. The molecule has 1 amide bonds. The summed E-state index contributed by atoms with van der Waals surface area (Å²) in [6.07, 6.45) is 1.48. The van der Waals surface area contributed by atoms with Gasteiger partial charge in [-0.25, -0.2) is 0 Å². The fourth-order valence-electron chi connectivity index (χ4n) is 3.71. The standard InChI is InChI=1S/C22H26N2O5/c1-13-11-14(2)21(28-5)15(12-13)19(25)17-18(16-7-6-10-29-16)24(9-8-23(3)4)22(27)20(17)26/h6-7,10-12,18,25H,8-9H2,1-5H3/b19-17-. The Hall–Kier alpha value is -3.06. The number of amides is 1. The van der Waals surface area contributed by atoms with Crippen molar-refractivity contribution < 1.29 is 23.8 Å². The second-order valence-electron chi connectivity index (χ2n) is 7.47. The third-order valence-corrected chi connectivity index (χ3v) is 5.02. The van der Waals surface area contributed by atoms with Crippen molar-refractivity contribution in [3.63, 3.8) is 0 Å². The molecule has 7 nitrogen and oxygen atoms in total. The molecule has 0 spiro atoms. The van der Waals surface area contributed by atoms with Gasteiger partial charge in [0.1, 0.15) is 23.3 Å². The summed E-state index contributed by atoms with van der Waals surface area (Å²) in [6.45, 7) is 4.64. The number of likely N-dealkylation sites (N-methyl/N-ethyl adjacent to an activating group) is 1. The van der Waals surface area contributed by atoms with Crippen LogP contribution in [-0.4, -0.2) is 60.9 Å². The monoisotopic (exact) mass is 398 g/mol. The minimum Gasteiger partial charge on any atom is -0.507 e. The largest absolute Gasteiger partial charge is 0.507 e. The van der Waals surface area contributed by atoms with Gasteiger partial charge in [-0.3, -0.25) is 9.59 Å². The molecule has 1 aliphatic rings. The highest BCUT2D eigenvalue weighted by Gasteiger charge is 2.47. The number of methoxy groups -OCH3 is 1. The first kappa shape index (κ1) is 20.7. The Morgan fingerprint density at radius 3 is 2.59 bits per heavy atom. The summed E-state index contributed by atoms with van der Waals surface area (Å²) in [5.74, 6) is -0.763. The number of ether oxygens (including phenoxy) is 1. The zero-order valence-electron chi connectivity index (χ0n) is 17.4. The van der Waals surface area contributed by atoms with Crippen LogP contribution in [0.5, 0.6) is 5.75 Å². The molecule has 1 saturated heterocycles. The van der Waals surface area contributed by atoms with Crippen molar-refractivity contribution in [3.05, 3.63) is 58.6 Å². The van der Waals surface area contributed by atoms with E-state index in [1.54, 1.807) is 18.2 Å². The predicted octanol–water partition coefficient (Wildman–Crippen LogP) is 2.89. The van der Waals surface area contributed by atoms with Gasteiger partial charge in [0.25, 0.3) is 11.7 Å². The van der Waals surface area contributed by atoms with E-state index >= 15 is 0 Å². The van der Waals surface area contributed by atoms with Crippen molar-refractivity contribution in [2.75, 3.05) is 34.3 Å². The van der Waals surface area contributed by atoms with Crippen LogP contribution in [0.25, 0.3) is 5.76 Å². The molecule has 1 unspecified atom stereocenters. The molecule has 2 aromatic rings. The number of furan rings is 1. The Morgan fingerprint density at radius 2 is 2.00 bits per heavy atom. The number of aliphatic hydroxyl groups is 1. The second kappa shape index (κ2) is 8.13. The molecule has 29 heavy (non-hydrogen) atoms. The fourth-order valence-corrected chi connectivity index (χ4v) is 3.71. The first-order valence-corrected chi connectivity index (χ1v) is 9.38. The van der Waals surface area contributed by atoms with Gasteiger partial charge in [0.05, 0.1) is 24.5 Å². The maximum atomic E-state index is 12.9. The van der Waals surface area contributed by atoms with Crippen LogP contribution >= 0.6 is 0 Å². The zero-order chi connectivity index (χ0) is 21.3. The lowest BCUT2D eigenvalue weighted by atomic mass is 9.96. The van der Waals surface area contributed by atoms with Crippen molar-refractivity contribution in [2.45, 2.75) is 19.9 Å². The number of benzene rings is 1. The third kappa shape index (κ3) is 3.78. The van der Waals surface area contributed by atoms with Gasteiger partial charge in [-0.15, -0.1) is 0 Å². The molecule has 1 fully saturated rings. The van der Waals surface area contributed by atoms with E-state index < -0.39 is 17.7 Å². The van der Waals surface area contributed by atoms with Crippen LogP contribution in [0.3, 0.4) is 0 Å². The molecule has 0 bridgehead atoms. The smallest absolute Gasteiger partial charge is 0.295 e. The molecule has 2 heterocycles. The highest BCUT2D eigenvalue weighted by Crippen LogP contribution is 2.41. The molecular weight excluding hydrogens is 372 g/mol.